The third kappa shape index (κ3) is 4.49. The fourth-order valence-corrected chi connectivity index (χ4v) is 9.05. The number of methoxy groups -OCH3 is 1. The molecule has 0 aromatic rings. The lowest BCUT2D eigenvalue weighted by atomic mass is 9.47. The maximum atomic E-state index is 13.0. The van der Waals surface area contributed by atoms with Crippen molar-refractivity contribution in [2.75, 3.05) is 7.11 Å². The van der Waals surface area contributed by atoms with Gasteiger partial charge >= 0.3 is 11.9 Å². The number of ether oxygens (including phenoxy) is 2. The Morgan fingerprint density at radius 1 is 1.17 bits per heavy atom. The lowest BCUT2D eigenvalue weighted by Gasteiger charge is -2.58. The maximum absolute atomic E-state index is 13.0. The van der Waals surface area contributed by atoms with Gasteiger partial charge in [-0.05, 0) is 74.0 Å². The number of fused-ring (bicyclic) bond motifs is 5. The number of nitro groups is 1. The Morgan fingerprint density at radius 3 is 2.50 bits per heavy atom. The van der Waals surface area contributed by atoms with Gasteiger partial charge in [-0.2, -0.15) is 0 Å². The normalized spacial score (nSPS) is 40.1. The summed E-state index contributed by atoms with van der Waals surface area (Å²) < 4.78 is 10.3. The minimum absolute atomic E-state index is 0.00955. The lowest BCUT2D eigenvalue weighted by molar-refractivity contribution is -0.534. The lowest BCUT2D eigenvalue weighted by Crippen LogP contribution is -2.51. The molecule has 0 radical (unpaired) electrons. The molecule has 36 heavy (non-hydrogen) atoms. The van der Waals surface area contributed by atoms with Crippen molar-refractivity contribution in [2.45, 2.75) is 97.6 Å². The number of esters is 2. The van der Waals surface area contributed by atoms with E-state index in [0.29, 0.717) is 18.3 Å². The summed E-state index contributed by atoms with van der Waals surface area (Å²) in [6, 6.07) is -0.927. The highest BCUT2D eigenvalue weighted by Crippen LogP contribution is 2.68. The minimum atomic E-state index is -0.927. The smallest absolute Gasteiger partial charge is 0.305 e. The zero-order valence-corrected chi connectivity index (χ0v) is 22.3. The third-order valence-electron chi connectivity index (χ3n) is 10.6. The second-order valence-electron chi connectivity index (χ2n) is 12.2. The molecule has 8 heteroatoms. The maximum Gasteiger partial charge on any atom is 0.305 e. The van der Waals surface area contributed by atoms with Gasteiger partial charge in [0.25, 0.3) is 0 Å². The molecule has 9 atom stereocenters. The van der Waals surface area contributed by atoms with Gasteiger partial charge in [-0.25, -0.2) is 0 Å². The molecule has 0 spiro atoms. The fraction of sp³-hybridized carbons (Fsp3) is 0.821. The van der Waals surface area contributed by atoms with E-state index in [9.17, 15) is 24.5 Å². The second-order valence-corrected chi connectivity index (χ2v) is 12.2. The quantitative estimate of drug-likeness (QED) is 0.210. The average Bonchev–Trinajstić information content (AvgIpc) is 3.11. The molecular formula is C28H41NO7. The summed E-state index contributed by atoms with van der Waals surface area (Å²) in [5, 5.41) is 12.2. The standard InChI is InChI=1S/C28H41NO7/c1-16(30)26-21(24(29(33)34)8-9-25(32)35-5)15-23-20-7-6-18-14-19(36-17(2)31)10-12-27(18,3)22(20)11-13-28(23,26)4/h6,19-24,26H,7-15H2,1-5H3/t19-,20+,21-,22-,23-,24+,26?,27-,28-/m0/s1. The van der Waals surface area contributed by atoms with Crippen molar-refractivity contribution >= 4 is 17.7 Å². The summed E-state index contributed by atoms with van der Waals surface area (Å²) in [5.74, 6) is -0.309. The van der Waals surface area contributed by atoms with E-state index in [0.717, 1.165) is 38.5 Å². The van der Waals surface area contributed by atoms with Crippen LogP contribution in [0.3, 0.4) is 0 Å². The molecule has 4 aliphatic rings. The van der Waals surface area contributed by atoms with Gasteiger partial charge in [-0.1, -0.05) is 25.5 Å². The topological polar surface area (TPSA) is 113 Å². The Labute approximate surface area is 213 Å². The Hall–Kier alpha value is -2.25. The predicted octanol–water partition coefficient (Wildman–Crippen LogP) is 4.91. The van der Waals surface area contributed by atoms with Gasteiger partial charge in [0.2, 0.25) is 6.04 Å². The summed E-state index contributed by atoms with van der Waals surface area (Å²) in [4.78, 5) is 48.3. The first-order valence-corrected chi connectivity index (χ1v) is 13.5. The summed E-state index contributed by atoms with van der Waals surface area (Å²) >= 11 is 0. The van der Waals surface area contributed by atoms with Crippen molar-refractivity contribution in [3.05, 3.63) is 21.8 Å². The number of hydrogen-bond acceptors (Lipinski definition) is 7. The van der Waals surface area contributed by atoms with E-state index in [1.54, 1.807) is 6.92 Å². The molecule has 3 fully saturated rings. The van der Waals surface area contributed by atoms with Crippen molar-refractivity contribution in [3.63, 3.8) is 0 Å². The van der Waals surface area contributed by atoms with Gasteiger partial charge in [0.15, 0.2) is 0 Å². The molecule has 0 saturated heterocycles. The monoisotopic (exact) mass is 503 g/mol. The first-order chi connectivity index (χ1) is 16.9. The van der Waals surface area contributed by atoms with E-state index >= 15 is 0 Å². The zero-order chi connectivity index (χ0) is 26.4. The molecule has 8 nitrogen and oxygen atoms in total. The van der Waals surface area contributed by atoms with Crippen LogP contribution in [-0.2, 0) is 23.9 Å². The zero-order valence-electron chi connectivity index (χ0n) is 22.3. The van der Waals surface area contributed by atoms with Gasteiger partial charge in [-0.3, -0.25) is 24.5 Å². The summed E-state index contributed by atoms with van der Waals surface area (Å²) in [6.45, 7) is 7.60. The van der Waals surface area contributed by atoms with Crippen LogP contribution in [0.15, 0.2) is 11.6 Å². The highest BCUT2D eigenvalue weighted by Gasteiger charge is 2.64. The van der Waals surface area contributed by atoms with Crippen LogP contribution in [0.25, 0.3) is 0 Å². The van der Waals surface area contributed by atoms with E-state index in [-0.39, 0.29) is 64.2 Å². The van der Waals surface area contributed by atoms with Gasteiger partial charge < -0.3 is 9.47 Å². The van der Waals surface area contributed by atoms with Crippen LogP contribution < -0.4 is 0 Å². The largest absolute Gasteiger partial charge is 0.469 e. The molecule has 0 aliphatic heterocycles. The first-order valence-electron chi connectivity index (χ1n) is 13.5. The summed E-state index contributed by atoms with van der Waals surface area (Å²) in [6.07, 6.45) is 8.46. The van der Waals surface area contributed by atoms with Crippen LogP contribution in [0.2, 0.25) is 0 Å². The van der Waals surface area contributed by atoms with E-state index in [1.807, 2.05) is 0 Å². The number of carbonyl (C=O) groups excluding carboxylic acids is 3. The van der Waals surface area contributed by atoms with Crippen molar-refractivity contribution in [1.29, 1.82) is 0 Å². The number of allylic oxidation sites excluding steroid dienone is 1. The minimum Gasteiger partial charge on any atom is -0.469 e. The SMILES string of the molecule is COC(=O)CC[C@H]([C@@H]1C[C@H]2[C@@H]3CC=C4C[C@@H](OC(C)=O)CC[C@]4(C)[C@H]3CC[C@]2(C)C1C(C)=O)[N+](=O)[O-]. The molecule has 0 aromatic carbocycles. The van der Waals surface area contributed by atoms with Gasteiger partial charge in [0.1, 0.15) is 11.9 Å². The van der Waals surface area contributed by atoms with Crippen molar-refractivity contribution < 1.29 is 28.8 Å². The molecule has 0 amide bonds. The molecule has 0 aromatic heterocycles. The Kier molecular flexibility index (Phi) is 7.37. The molecule has 200 valence electrons. The molecule has 4 aliphatic carbocycles. The van der Waals surface area contributed by atoms with E-state index < -0.39 is 12.0 Å². The van der Waals surface area contributed by atoms with Gasteiger partial charge in [0.05, 0.1) is 13.5 Å². The number of carbonyl (C=O) groups is 3. The number of nitrogens with zero attached hydrogens (tertiary/aromatic N) is 1. The predicted molar refractivity (Wildman–Crippen MR) is 132 cm³/mol. The molecule has 0 heterocycles. The van der Waals surface area contributed by atoms with E-state index in [4.69, 9.17) is 9.47 Å². The molecule has 0 bridgehead atoms. The van der Waals surface area contributed by atoms with Crippen LogP contribution in [0.5, 0.6) is 0 Å². The van der Waals surface area contributed by atoms with Crippen LogP contribution in [0.4, 0.5) is 0 Å². The van der Waals surface area contributed by atoms with Crippen molar-refractivity contribution in [2.24, 2.45) is 40.4 Å². The Balaban J connectivity index is 1.62. The second kappa shape index (κ2) is 9.90. The molecule has 4 rings (SSSR count). The first kappa shape index (κ1) is 26.8. The van der Waals surface area contributed by atoms with Crippen LogP contribution in [0.1, 0.15) is 85.5 Å². The van der Waals surface area contributed by atoms with E-state index in [2.05, 4.69) is 19.9 Å². The van der Waals surface area contributed by atoms with Crippen molar-refractivity contribution in [1.82, 2.24) is 0 Å². The van der Waals surface area contributed by atoms with Crippen LogP contribution in [0, 0.1) is 50.5 Å². The summed E-state index contributed by atoms with van der Waals surface area (Å²) in [7, 11) is 1.29. The number of Topliss-reactive ketones (excluding diaryl/α,β-unsaturated/α-hetero) is 1. The molecular weight excluding hydrogens is 462 g/mol. The average molecular weight is 504 g/mol. The molecule has 1 unspecified atom stereocenters. The van der Waals surface area contributed by atoms with Gasteiger partial charge in [0, 0.05) is 36.5 Å². The Morgan fingerprint density at radius 2 is 1.89 bits per heavy atom. The fourth-order valence-electron chi connectivity index (χ4n) is 9.05. The third-order valence-corrected chi connectivity index (χ3v) is 10.6. The number of hydrogen-bond donors (Lipinski definition) is 0. The highest BCUT2D eigenvalue weighted by atomic mass is 16.6. The molecule has 3 saturated carbocycles. The molecule has 0 N–H and O–H groups in total. The van der Waals surface area contributed by atoms with Crippen LogP contribution in [-0.4, -0.2) is 41.9 Å². The van der Waals surface area contributed by atoms with Gasteiger partial charge in [-0.15, -0.1) is 0 Å². The van der Waals surface area contributed by atoms with Crippen LogP contribution >= 0.6 is 0 Å². The van der Waals surface area contributed by atoms with E-state index in [1.165, 1.54) is 19.6 Å². The Bertz CT molecular complexity index is 960. The highest BCUT2D eigenvalue weighted by molar-refractivity contribution is 5.80. The number of ketones is 1. The van der Waals surface area contributed by atoms with Crippen molar-refractivity contribution in [3.8, 4) is 0 Å². The number of rotatable bonds is 7. The summed E-state index contributed by atoms with van der Waals surface area (Å²) in [5.41, 5.74) is 1.16.